The molecule has 1 heterocycles. The summed E-state index contributed by atoms with van der Waals surface area (Å²) in [6.07, 6.45) is 0. The van der Waals surface area contributed by atoms with Crippen LogP contribution in [0.15, 0.2) is 157 Å². The van der Waals surface area contributed by atoms with Crippen LogP contribution in [0, 0.1) is 0 Å². The fraction of sp³-hybridized carbons (Fsp3) is 0. The average Bonchev–Trinajstić information content (AvgIpc) is 3.26. The van der Waals surface area contributed by atoms with Gasteiger partial charge >= 0.3 is 0 Å². The van der Waals surface area contributed by atoms with Crippen LogP contribution in [-0.4, -0.2) is 0 Å². The molecule has 1 nitrogen and oxygen atoms in total. The average molecular weight is 588 g/mol. The van der Waals surface area contributed by atoms with E-state index < -0.39 is 96.7 Å². The Kier molecular flexibility index (Phi) is 2.76. The third kappa shape index (κ3) is 3.62. The van der Waals surface area contributed by atoms with Gasteiger partial charge in [0.25, 0.3) is 0 Å². The van der Waals surface area contributed by atoms with Gasteiger partial charge < -0.3 is 4.74 Å². The largest absolute Gasteiger partial charge is 0.456 e. The topological polar surface area (TPSA) is 9.23 Å². The van der Waals surface area contributed by atoms with Crippen molar-refractivity contribution in [1.29, 1.82) is 0 Å². The second kappa shape index (κ2) is 9.29. The van der Waals surface area contributed by atoms with E-state index in [0.717, 1.165) is 0 Å². The summed E-state index contributed by atoms with van der Waals surface area (Å²) in [4.78, 5) is 0. The van der Waals surface area contributed by atoms with Crippen molar-refractivity contribution >= 4 is 43.1 Å². The standard InChI is InChI=1S/C44H26O/c1-2-8-27(9-3-1)31-24-32(34-20-18-30-17-16-28-10-6-11-29-19-21-39(34)43(30)42(28)29)26-33(25-31)35-22-23-41-44-37(35)13-7-14-38(44)36-12-4-5-15-40(36)45-41/h1-26H/i4D,5D,6D,7D,10D,11D,12D,13D,14D,15D,16D,17D,18D,19D,20D,22D,23D. The molecular weight excluding hydrogens is 544 g/mol. The van der Waals surface area contributed by atoms with Gasteiger partial charge in [-0.05, 0) is 107 Å². The van der Waals surface area contributed by atoms with E-state index in [9.17, 15) is 6.85 Å². The molecule has 0 saturated carbocycles. The van der Waals surface area contributed by atoms with Crippen LogP contribution in [-0.2, 0) is 0 Å². The first-order chi connectivity index (χ1) is 29.4. The predicted octanol–water partition coefficient (Wildman–Crippen LogP) is 12.5. The molecule has 0 radical (unpaired) electrons. The highest BCUT2D eigenvalue weighted by Crippen LogP contribution is 2.49. The Morgan fingerprint density at radius 3 is 1.91 bits per heavy atom. The van der Waals surface area contributed by atoms with Crippen molar-refractivity contribution in [1.82, 2.24) is 0 Å². The van der Waals surface area contributed by atoms with E-state index in [0.29, 0.717) is 11.1 Å². The third-order valence-corrected chi connectivity index (χ3v) is 8.28. The Morgan fingerprint density at radius 2 is 1.04 bits per heavy atom. The van der Waals surface area contributed by atoms with Gasteiger partial charge in [-0.1, -0.05) is 127 Å². The normalized spacial score (nSPS) is 17.5. The first kappa shape index (κ1) is 13.4. The van der Waals surface area contributed by atoms with Crippen LogP contribution < -0.4 is 4.74 Å². The quantitative estimate of drug-likeness (QED) is 0.187. The van der Waals surface area contributed by atoms with Gasteiger partial charge in [-0.15, -0.1) is 0 Å². The van der Waals surface area contributed by atoms with E-state index in [1.165, 1.54) is 6.07 Å². The molecule has 208 valence electrons. The maximum Gasteiger partial charge on any atom is 0.135 e. The van der Waals surface area contributed by atoms with E-state index >= 15 is 0 Å². The van der Waals surface area contributed by atoms with E-state index in [1.54, 1.807) is 48.5 Å². The number of ether oxygens (including phenoxy) is 1. The van der Waals surface area contributed by atoms with Crippen LogP contribution in [0.5, 0.6) is 11.5 Å². The molecule has 0 amide bonds. The van der Waals surface area contributed by atoms with Crippen LogP contribution in [0.25, 0.3) is 87.6 Å². The molecule has 45 heavy (non-hydrogen) atoms. The monoisotopic (exact) mass is 587 g/mol. The summed E-state index contributed by atoms with van der Waals surface area (Å²) >= 11 is 0. The Morgan fingerprint density at radius 1 is 0.378 bits per heavy atom. The highest BCUT2D eigenvalue weighted by molar-refractivity contribution is 6.25. The first-order valence-electron chi connectivity index (χ1n) is 22.6. The molecule has 9 aromatic carbocycles. The highest BCUT2D eigenvalue weighted by Gasteiger charge is 2.22. The minimum absolute atomic E-state index is 0.0453. The second-order valence-electron chi connectivity index (χ2n) is 10.8. The Labute approximate surface area is 284 Å². The summed E-state index contributed by atoms with van der Waals surface area (Å²) in [7, 11) is 0. The van der Waals surface area contributed by atoms with Gasteiger partial charge in [0.15, 0.2) is 0 Å². The van der Waals surface area contributed by atoms with Gasteiger partial charge in [0.05, 0.1) is 23.3 Å². The fourth-order valence-corrected chi connectivity index (χ4v) is 6.28. The van der Waals surface area contributed by atoms with Gasteiger partial charge in [0.1, 0.15) is 11.5 Å². The summed E-state index contributed by atoms with van der Waals surface area (Å²) in [5.74, 6) is -0.716. The minimum Gasteiger partial charge on any atom is -0.456 e. The summed E-state index contributed by atoms with van der Waals surface area (Å²) < 4.78 is 158. The van der Waals surface area contributed by atoms with Crippen LogP contribution in [0.3, 0.4) is 0 Å². The summed E-state index contributed by atoms with van der Waals surface area (Å²) in [5.41, 5.74) is 1.19. The molecule has 9 aromatic rings. The lowest BCUT2D eigenvalue weighted by Crippen LogP contribution is -1.97. The van der Waals surface area contributed by atoms with E-state index in [4.69, 9.17) is 21.2 Å². The Balaban J connectivity index is 1.39. The molecule has 0 spiro atoms. The van der Waals surface area contributed by atoms with Gasteiger partial charge in [-0.2, -0.15) is 0 Å². The molecule has 1 heteroatoms. The highest BCUT2D eigenvalue weighted by atomic mass is 16.5. The van der Waals surface area contributed by atoms with Crippen molar-refractivity contribution in [2.24, 2.45) is 0 Å². The summed E-state index contributed by atoms with van der Waals surface area (Å²) in [6, 6.07) is 6.72. The summed E-state index contributed by atoms with van der Waals surface area (Å²) in [5, 5.41) is -0.0585. The molecule has 0 unspecified atom stereocenters. The van der Waals surface area contributed by atoms with Crippen molar-refractivity contribution in [3.63, 3.8) is 0 Å². The van der Waals surface area contributed by atoms with Crippen molar-refractivity contribution < 1.29 is 28.0 Å². The number of para-hydroxylation sites is 1. The van der Waals surface area contributed by atoms with E-state index in [-0.39, 0.29) is 94.0 Å². The fourth-order valence-electron chi connectivity index (χ4n) is 6.28. The third-order valence-electron chi connectivity index (χ3n) is 8.28. The lowest BCUT2D eigenvalue weighted by molar-refractivity contribution is 0.487. The van der Waals surface area contributed by atoms with E-state index in [1.807, 2.05) is 0 Å². The lowest BCUT2D eigenvalue weighted by atomic mass is 9.86. The SMILES string of the molecule is [2H]c1c([2H])c([2H])c2c(c1[2H])Oc1c([2H])c([2H])c(-c3cc(-c4ccccc4)cc(-c4c([2H])c([2H])c5c([2H])c([2H])c6c([2H])c([2H])c([2H])c7c([2H])cc4c5c76)c3)c3c([2H])c([2H])c([2H])c-2c13. The molecular formula is C44H26O. The molecule has 0 N–H and O–H groups in total. The number of hydrogen-bond donors (Lipinski definition) is 0. The lowest BCUT2D eigenvalue weighted by Gasteiger charge is -2.23. The zero-order chi connectivity index (χ0) is 44.3. The minimum atomic E-state index is -0.628. The zero-order valence-corrected chi connectivity index (χ0v) is 23.1. The van der Waals surface area contributed by atoms with Crippen molar-refractivity contribution in [2.75, 3.05) is 0 Å². The molecule has 0 atom stereocenters. The van der Waals surface area contributed by atoms with Crippen LogP contribution in [0.2, 0.25) is 0 Å². The summed E-state index contributed by atoms with van der Waals surface area (Å²) in [6.45, 7) is 0. The van der Waals surface area contributed by atoms with Crippen LogP contribution >= 0.6 is 0 Å². The van der Waals surface area contributed by atoms with Crippen molar-refractivity contribution in [2.45, 2.75) is 0 Å². The number of hydrogen-bond acceptors (Lipinski definition) is 1. The Hall–Kier alpha value is -5.92. The van der Waals surface area contributed by atoms with Gasteiger partial charge in [0, 0.05) is 10.9 Å². The molecule has 0 aromatic heterocycles. The van der Waals surface area contributed by atoms with Gasteiger partial charge in [-0.3, -0.25) is 0 Å². The maximum atomic E-state index is 9.47. The smallest absolute Gasteiger partial charge is 0.135 e. The molecule has 1 aliphatic rings. The van der Waals surface area contributed by atoms with Gasteiger partial charge in [0.2, 0.25) is 0 Å². The van der Waals surface area contributed by atoms with Crippen LogP contribution in [0.4, 0.5) is 0 Å². The molecule has 1 aliphatic heterocycles. The molecule has 0 saturated heterocycles. The number of benzene rings is 9. The molecule has 0 fully saturated rings. The maximum absolute atomic E-state index is 9.47. The number of fused-ring (bicyclic) bond motifs is 2. The van der Waals surface area contributed by atoms with Crippen molar-refractivity contribution in [3.05, 3.63) is 157 Å². The van der Waals surface area contributed by atoms with Crippen LogP contribution in [0.1, 0.15) is 23.3 Å². The van der Waals surface area contributed by atoms with Crippen molar-refractivity contribution in [3.8, 4) is 56.0 Å². The zero-order valence-electron chi connectivity index (χ0n) is 40.1. The van der Waals surface area contributed by atoms with E-state index in [2.05, 4.69) is 0 Å². The molecule has 10 rings (SSSR count). The second-order valence-corrected chi connectivity index (χ2v) is 10.8. The molecule has 0 aliphatic carbocycles. The number of rotatable bonds is 3. The first-order valence-corrected chi connectivity index (χ1v) is 14.1. The molecule has 0 bridgehead atoms. The Bertz CT molecular complexity index is 3570. The predicted molar refractivity (Wildman–Crippen MR) is 189 cm³/mol. The van der Waals surface area contributed by atoms with Gasteiger partial charge in [-0.25, -0.2) is 0 Å².